The number of benzene rings is 1. The molecule has 0 aromatic heterocycles. The first-order valence-corrected chi connectivity index (χ1v) is 4.31. The van der Waals surface area contributed by atoms with Crippen LogP contribution in [0.5, 0.6) is 5.75 Å². The van der Waals surface area contributed by atoms with Crippen molar-refractivity contribution in [1.29, 1.82) is 0 Å². The quantitative estimate of drug-likeness (QED) is 0.751. The van der Waals surface area contributed by atoms with E-state index < -0.39 is 0 Å². The van der Waals surface area contributed by atoms with Gasteiger partial charge in [-0.15, -0.1) is 0 Å². The SMILES string of the molecule is Cc1c(C=O)cc(Br)c(O)c1C. The van der Waals surface area contributed by atoms with Crippen LogP contribution in [0.3, 0.4) is 0 Å². The maximum atomic E-state index is 10.5. The summed E-state index contributed by atoms with van der Waals surface area (Å²) in [4.78, 5) is 10.5. The molecule has 0 saturated carbocycles. The van der Waals surface area contributed by atoms with Crippen molar-refractivity contribution >= 4 is 22.2 Å². The highest BCUT2D eigenvalue weighted by atomic mass is 79.9. The van der Waals surface area contributed by atoms with Crippen LogP contribution in [-0.2, 0) is 0 Å². The van der Waals surface area contributed by atoms with Gasteiger partial charge < -0.3 is 5.11 Å². The molecule has 0 spiro atoms. The molecule has 0 radical (unpaired) electrons. The largest absolute Gasteiger partial charge is 0.506 e. The fourth-order valence-electron chi connectivity index (χ4n) is 1.01. The van der Waals surface area contributed by atoms with E-state index in [0.717, 1.165) is 17.4 Å². The van der Waals surface area contributed by atoms with Crippen LogP contribution in [0.2, 0.25) is 0 Å². The second-order valence-corrected chi connectivity index (χ2v) is 3.52. The number of carbonyl (C=O) groups excluding carboxylic acids is 1. The van der Waals surface area contributed by atoms with Gasteiger partial charge in [0, 0.05) is 5.56 Å². The number of aldehydes is 1. The van der Waals surface area contributed by atoms with Crippen LogP contribution in [0, 0.1) is 13.8 Å². The van der Waals surface area contributed by atoms with Crippen molar-refractivity contribution in [3.8, 4) is 5.75 Å². The first-order chi connectivity index (χ1) is 5.57. The molecular formula is C9H9BrO2. The second-order valence-electron chi connectivity index (χ2n) is 2.66. The number of phenolic OH excluding ortho intramolecular Hbond substituents is 1. The van der Waals surface area contributed by atoms with Crippen molar-refractivity contribution in [2.24, 2.45) is 0 Å². The Labute approximate surface area is 79.3 Å². The van der Waals surface area contributed by atoms with Crippen LogP contribution in [0.4, 0.5) is 0 Å². The Kier molecular flexibility index (Phi) is 2.52. The zero-order valence-corrected chi connectivity index (χ0v) is 8.47. The summed E-state index contributed by atoms with van der Waals surface area (Å²) >= 11 is 3.16. The van der Waals surface area contributed by atoms with Crippen molar-refractivity contribution in [1.82, 2.24) is 0 Å². The van der Waals surface area contributed by atoms with Gasteiger partial charge in [-0.2, -0.15) is 0 Å². The van der Waals surface area contributed by atoms with Crippen molar-refractivity contribution in [2.45, 2.75) is 13.8 Å². The van der Waals surface area contributed by atoms with Gasteiger partial charge >= 0.3 is 0 Å². The van der Waals surface area contributed by atoms with Gasteiger partial charge in [0.2, 0.25) is 0 Å². The lowest BCUT2D eigenvalue weighted by Gasteiger charge is -2.07. The first kappa shape index (κ1) is 9.26. The maximum absolute atomic E-state index is 10.5. The van der Waals surface area contributed by atoms with E-state index in [1.54, 1.807) is 13.0 Å². The summed E-state index contributed by atoms with van der Waals surface area (Å²) in [5.41, 5.74) is 2.18. The predicted molar refractivity (Wildman–Crippen MR) is 50.7 cm³/mol. The molecule has 0 aliphatic carbocycles. The minimum Gasteiger partial charge on any atom is -0.506 e. The van der Waals surface area contributed by atoms with E-state index in [1.807, 2.05) is 6.92 Å². The summed E-state index contributed by atoms with van der Waals surface area (Å²) in [6.45, 7) is 3.59. The lowest BCUT2D eigenvalue weighted by Crippen LogP contribution is -1.91. The van der Waals surface area contributed by atoms with Gasteiger partial charge in [-0.05, 0) is 47.0 Å². The summed E-state index contributed by atoms with van der Waals surface area (Å²) in [5, 5.41) is 9.44. The summed E-state index contributed by atoms with van der Waals surface area (Å²) < 4.78 is 0.563. The normalized spacial score (nSPS) is 9.92. The Bertz CT molecular complexity index is 332. The van der Waals surface area contributed by atoms with Gasteiger partial charge in [-0.25, -0.2) is 0 Å². The second kappa shape index (κ2) is 3.27. The lowest BCUT2D eigenvalue weighted by atomic mass is 10.0. The van der Waals surface area contributed by atoms with Gasteiger partial charge in [0.05, 0.1) is 4.47 Å². The van der Waals surface area contributed by atoms with Crippen LogP contribution in [0.15, 0.2) is 10.5 Å². The fraction of sp³-hybridized carbons (Fsp3) is 0.222. The number of hydrogen-bond donors (Lipinski definition) is 1. The molecule has 0 bridgehead atoms. The minimum atomic E-state index is 0.207. The Hall–Kier alpha value is -0.830. The molecule has 0 heterocycles. The van der Waals surface area contributed by atoms with Gasteiger partial charge in [0.25, 0.3) is 0 Å². The van der Waals surface area contributed by atoms with Crippen molar-refractivity contribution < 1.29 is 9.90 Å². The molecule has 0 saturated heterocycles. The van der Waals surface area contributed by atoms with Crippen LogP contribution < -0.4 is 0 Å². The third kappa shape index (κ3) is 1.37. The third-order valence-corrected chi connectivity index (χ3v) is 2.59. The zero-order chi connectivity index (χ0) is 9.30. The molecule has 1 N–H and O–H groups in total. The molecule has 12 heavy (non-hydrogen) atoms. The molecule has 64 valence electrons. The summed E-state index contributed by atoms with van der Waals surface area (Å²) in [7, 11) is 0. The Morgan fingerprint density at radius 3 is 2.50 bits per heavy atom. The number of aromatic hydroxyl groups is 1. The van der Waals surface area contributed by atoms with Gasteiger partial charge in [0.1, 0.15) is 12.0 Å². The van der Waals surface area contributed by atoms with Gasteiger partial charge in [0.15, 0.2) is 0 Å². The average molecular weight is 229 g/mol. The molecule has 3 heteroatoms. The molecule has 0 unspecified atom stereocenters. The van der Waals surface area contributed by atoms with E-state index in [-0.39, 0.29) is 5.75 Å². The fourth-order valence-corrected chi connectivity index (χ4v) is 1.55. The molecule has 0 atom stereocenters. The summed E-state index contributed by atoms with van der Waals surface area (Å²) in [6.07, 6.45) is 0.784. The third-order valence-electron chi connectivity index (χ3n) is 1.99. The molecule has 0 fully saturated rings. The average Bonchev–Trinajstić information content (AvgIpc) is 2.08. The molecular weight excluding hydrogens is 220 g/mol. The summed E-state index contributed by atoms with van der Waals surface area (Å²) in [5.74, 6) is 0.207. The molecule has 1 rings (SSSR count). The van der Waals surface area contributed by atoms with E-state index in [0.29, 0.717) is 10.0 Å². The summed E-state index contributed by atoms with van der Waals surface area (Å²) in [6, 6.07) is 1.62. The van der Waals surface area contributed by atoms with E-state index in [9.17, 15) is 9.90 Å². The lowest BCUT2D eigenvalue weighted by molar-refractivity contribution is 0.112. The monoisotopic (exact) mass is 228 g/mol. The number of phenols is 1. The smallest absolute Gasteiger partial charge is 0.150 e. The van der Waals surface area contributed by atoms with Gasteiger partial charge in [-0.1, -0.05) is 0 Å². The highest BCUT2D eigenvalue weighted by Gasteiger charge is 2.08. The number of hydrogen-bond acceptors (Lipinski definition) is 2. The molecule has 1 aromatic carbocycles. The number of carbonyl (C=O) groups is 1. The van der Waals surface area contributed by atoms with E-state index in [4.69, 9.17) is 0 Å². The molecule has 0 aliphatic rings. The standard InChI is InChI=1S/C9H9BrO2/c1-5-6(2)9(12)8(10)3-7(5)4-11/h3-4,12H,1-2H3. The maximum Gasteiger partial charge on any atom is 0.150 e. The Morgan fingerprint density at radius 2 is 2.00 bits per heavy atom. The number of halogens is 1. The van der Waals surface area contributed by atoms with Crippen LogP contribution in [0.1, 0.15) is 21.5 Å². The first-order valence-electron chi connectivity index (χ1n) is 3.51. The topological polar surface area (TPSA) is 37.3 Å². The zero-order valence-electron chi connectivity index (χ0n) is 6.89. The van der Waals surface area contributed by atoms with Crippen LogP contribution in [0.25, 0.3) is 0 Å². The van der Waals surface area contributed by atoms with E-state index in [1.165, 1.54) is 0 Å². The Balaban J connectivity index is 3.49. The highest BCUT2D eigenvalue weighted by molar-refractivity contribution is 9.10. The van der Waals surface area contributed by atoms with Gasteiger partial charge in [-0.3, -0.25) is 4.79 Å². The van der Waals surface area contributed by atoms with Crippen molar-refractivity contribution in [3.05, 3.63) is 27.2 Å². The van der Waals surface area contributed by atoms with Crippen molar-refractivity contribution in [2.75, 3.05) is 0 Å². The predicted octanol–water partition coefficient (Wildman–Crippen LogP) is 2.58. The molecule has 2 nitrogen and oxygen atoms in total. The molecule has 1 aromatic rings. The highest BCUT2D eigenvalue weighted by Crippen LogP contribution is 2.31. The number of rotatable bonds is 1. The Morgan fingerprint density at radius 1 is 1.42 bits per heavy atom. The molecule has 0 aliphatic heterocycles. The molecule has 0 amide bonds. The minimum absolute atomic E-state index is 0.207. The van der Waals surface area contributed by atoms with Crippen molar-refractivity contribution in [3.63, 3.8) is 0 Å². The van der Waals surface area contributed by atoms with Crippen LogP contribution in [-0.4, -0.2) is 11.4 Å². The van der Waals surface area contributed by atoms with E-state index >= 15 is 0 Å². The van der Waals surface area contributed by atoms with Crippen LogP contribution >= 0.6 is 15.9 Å². The van der Waals surface area contributed by atoms with E-state index in [2.05, 4.69) is 15.9 Å².